The average molecular weight is 513 g/mol. The second kappa shape index (κ2) is 9.45. The minimum atomic E-state index is -4.40. The van der Waals surface area contributed by atoms with Crippen molar-refractivity contribution in [3.63, 3.8) is 0 Å². The Morgan fingerprint density at radius 1 is 1.14 bits per heavy atom. The number of carbonyl (C=O) groups excluding carboxylic acids is 1. The summed E-state index contributed by atoms with van der Waals surface area (Å²) in [6.45, 7) is 4.98. The van der Waals surface area contributed by atoms with Gasteiger partial charge in [-0.05, 0) is 66.4 Å². The third kappa shape index (κ3) is 4.75. The van der Waals surface area contributed by atoms with Crippen molar-refractivity contribution in [1.82, 2.24) is 30.5 Å². The van der Waals surface area contributed by atoms with Crippen molar-refractivity contribution < 1.29 is 18.0 Å². The van der Waals surface area contributed by atoms with Gasteiger partial charge in [0.15, 0.2) is 5.82 Å². The molecule has 3 heterocycles. The van der Waals surface area contributed by atoms with Crippen LogP contribution >= 0.6 is 11.3 Å². The molecule has 1 saturated heterocycles. The number of tetrazole rings is 1. The number of hydrogen-bond donors (Lipinski definition) is 1. The summed E-state index contributed by atoms with van der Waals surface area (Å²) in [5.41, 5.74) is 3.53. The molecule has 2 aromatic heterocycles. The molecule has 1 aliphatic rings. The van der Waals surface area contributed by atoms with E-state index in [0.29, 0.717) is 40.1 Å². The number of likely N-dealkylation sites (tertiary alicyclic amines) is 1. The fraction of sp³-hybridized carbons (Fsp3) is 0.320. The van der Waals surface area contributed by atoms with Crippen LogP contribution in [0.3, 0.4) is 0 Å². The number of rotatable bonds is 4. The van der Waals surface area contributed by atoms with Crippen LogP contribution in [0, 0.1) is 13.8 Å². The topological polar surface area (TPSA) is 87.7 Å². The van der Waals surface area contributed by atoms with Crippen LogP contribution in [0.2, 0.25) is 0 Å². The lowest BCUT2D eigenvalue weighted by Gasteiger charge is -2.33. The molecule has 1 amide bonds. The number of aromatic amines is 1. The number of halogens is 3. The van der Waals surface area contributed by atoms with Gasteiger partial charge in [0.05, 0.1) is 11.3 Å². The highest BCUT2D eigenvalue weighted by molar-refractivity contribution is 7.17. The van der Waals surface area contributed by atoms with Gasteiger partial charge in [-0.1, -0.05) is 24.3 Å². The van der Waals surface area contributed by atoms with Gasteiger partial charge in [0.25, 0.3) is 5.91 Å². The Morgan fingerprint density at radius 2 is 1.92 bits per heavy atom. The predicted octanol–water partition coefficient (Wildman–Crippen LogP) is 5.65. The van der Waals surface area contributed by atoms with Crippen molar-refractivity contribution in [2.24, 2.45) is 0 Å². The fourth-order valence-corrected chi connectivity index (χ4v) is 5.56. The molecule has 1 aliphatic heterocycles. The van der Waals surface area contributed by atoms with Gasteiger partial charge >= 0.3 is 6.18 Å². The van der Waals surface area contributed by atoms with Crippen molar-refractivity contribution in [3.05, 3.63) is 69.7 Å². The van der Waals surface area contributed by atoms with Gasteiger partial charge < -0.3 is 4.90 Å². The number of hydrogen-bond acceptors (Lipinski definition) is 6. The van der Waals surface area contributed by atoms with Crippen molar-refractivity contribution in [3.8, 4) is 22.0 Å². The molecule has 36 heavy (non-hydrogen) atoms. The largest absolute Gasteiger partial charge is 0.416 e. The van der Waals surface area contributed by atoms with E-state index in [2.05, 4.69) is 37.7 Å². The number of piperidine rings is 1. The highest BCUT2D eigenvalue weighted by Gasteiger charge is 2.31. The Bertz CT molecular complexity index is 1380. The van der Waals surface area contributed by atoms with Crippen LogP contribution in [0.4, 0.5) is 13.2 Å². The van der Waals surface area contributed by atoms with E-state index in [9.17, 15) is 18.0 Å². The monoisotopic (exact) mass is 512 g/mol. The van der Waals surface area contributed by atoms with E-state index in [4.69, 9.17) is 0 Å². The molecule has 11 heteroatoms. The van der Waals surface area contributed by atoms with Gasteiger partial charge in [-0.25, -0.2) is 10.1 Å². The molecular weight excluding hydrogens is 489 g/mol. The van der Waals surface area contributed by atoms with E-state index in [0.717, 1.165) is 41.7 Å². The van der Waals surface area contributed by atoms with E-state index in [1.165, 1.54) is 23.5 Å². The molecule has 1 atom stereocenters. The zero-order chi connectivity index (χ0) is 25.4. The van der Waals surface area contributed by atoms with Gasteiger partial charge in [-0.2, -0.15) is 13.2 Å². The maximum Gasteiger partial charge on any atom is 0.416 e. The lowest BCUT2D eigenvalue weighted by Crippen LogP contribution is -2.39. The number of carbonyl (C=O) groups is 1. The van der Waals surface area contributed by atoms with Crippen LogP contribution in [0.25, 0.3) is 22.0 Å². The minimum Gasteiger partial charge on any atom is -0.337 e. The maximum atomic E-state index is 13.5. The molecule has 2 aromatic carbocycles. The Hall–Kier alpha value is -3.60. The Kier molecular flexibility index (Phi) is 6.33. The lowest BCUT2D eigenvalue weighted by atomic mass is 9.88. The highest BCUT2D eigenvalue weighted by atomic mass is 32.1. The molecule has 1 unspecified atom stereocenters. The first kappa shape index (κ1) is 24.1. The molecule has 1 N–H and O–H groups in total. The molecular formula is C25H23F3N6OS. The van der Waals surface area contributed by atoms with Crippen LogP contribution in [0.15, 0.2) is 42.5 Å². The summed E-state index contributed by atoms with van der Waals surface area (Å²) < 4.78 is 38.7. The third-order valence-electron chi connectivity index (χ3n) is 6.49. The number of alkyl halides is 3. The van der Waals surface area contributed by atoms with E-state index in [1.807, 2.05) is 17.9 Å². The third-order valence-corrected chi connectivity index (χ3v) is 7.69. The van der Waals surface area contributed by atoms with Crippen LogP contribution in [-0.2, 0) is 6.18 Å². The molecule has 5 rings (SSSR count). The van der Waals surface area contributed by atoms with Gasteiger partial charge in [0.1, 0.15) is 9.88 Å². The lowest BCUT2D eigenvalue weighted by molar-refractivity contribution is -0.137. The molecule has 0 radical (unpaired) electrons. The molecule has 1 fully saturated rings. The van der Waals surface area contributed by atoms with Crippen molar-refractivity contribution in [2.45, 2.75) is 38.8 Å². The molecule has 0 saturated carbocycles. The number of amides is 1. The van der Waals surface area contributed by atoms with E-state index in [-0.39, 0.29) is 11.8 Å². The van der Waals surface area contributed by atoms with Gasteiger partial charge in [0, 0.05) is 30.1 Å². The van der Waals surface area contributed by atoms with Crippen molar-refractivity contribution in [2.75, 3.05) is 13.1 Å². The quantitative estimate of drug-likeness (QED) is 0.382. The second-order valence-corrected chi connectivity index (χ2v) is 9.92. The zero-order valence-electron chi connectivity index (χ0n) is 19.6. The number of H-pyrrole nitrogens is 1. The number of thiazole rings is 1. The summed E-state index contributed by atoms with van der Waals surface area (Å²) in [6, 6.07) is 11.1. The Balaban J connectivity index is 1.35. The Labute approximate surface area is 209 Å². The molecule has 7 nitrogen and oxygen atoms in total. The average Bonchev–Trinajstić information content (AvgIpc) is 3.54. The number of aromatic nitrogens is 5. The van der Waals surface area contributed by atoms with Gasteiger partial charge in [-0.15, -0.1) is 16.4 Å². The van der Waals surface area contributed by atoms with Gasteiger partial charge in [-0.3, -0.25) is 4.79 Å². The van der Waals surface area contributed by atoms with Crippen LogP contribution in [-0.4, -0.2) is 49.5 Å². The number of benzene rings is 2. The summed E-state index contributed by atoms with van der Waals surface area (Å²) in [7, 11) is 0. The molecule has 4 aromatic rings. The first-order valence-electron chi connectivity index (χ1n) is 11.5. The fourth-order valence-electron chi connectivity index (χ4n) is 4.52. The SMILES string of the molecule is Cc1ccc(C2CCCN(C(=O)c3sc(-c4ccc(C(F)(F)F)cc4)nc3C)C2)cc1-c1nnn[nH]1. The van der Waals surface area contributed by atoms with Crippen LogP contribution in [0.1, 0.15) is 50.8 Å². The van der Waals surface area contributed by atoms with Crippen LogP contribution < -0.4 is 0 Å². The Morgan fingerprint density at radius 3 is 2.61 bits per heavy atom. The summed E-state index contributed by atoms with van der Waals surface area (Å²) in [6.07, 6.45) is -2.57. The smallest absolute Gasteiger partial charge is 0.337 e. The normalized spacial score (nSPS) is 16.4. The minimum absolute atomic E-state index is 0.0976. The predicted molar refractivity (Wildman–Crippen MR) is 130 cm³/mol. The number of nitrogens with one attached hydrogen (secondary N) is 1. The van der Waals surface area contributed by atoms with Crippen molar-refractivity contribution in [1.29, 1.82) is 0 Å². The van der Waals surface area contributed by atoms with E-state index < -0.39 is 11.7 Å². The number of aryl methyl sites for hydroxylation is 2. The first-order chi connectivity index (χ1) is 17.2. The standard InChI is InChI=1S/C25H23F3N6OS/c1-14-5-6-17(12-20(14)22-30-32-33-31-22)18-4-3-11-34(13-18)24(35)21-15(2)29-23(36-21)16-7-9-19(10-8-16)25(26,27)28/h5-10,12,18H,3-4,11,13H2,1-2H3,(H,30,31,32,33). The first-order valence-corrected chi connectivity index (χ1v) is 12.3. The molecule has 0 bridgehead atoms. The summed E-state index contributed by atoms with van der Waals surface area (Å²) in [4.78, 5) is 20.3. The summed E-state index contributed by atoms with van der Waals surface area (Å²) >= 11 is 1.22. The van der Waals surface area contributed by atoms with Gasteiger partial charge in [0.2, 0.25) is 0 Å². The molecule has 0 aliphatic carbocycles. The summed E-state index contributed by atoms with van der Waals surface area (Å²) in [5.74, 6) is 0.675. The second-order valence-electron chi connectivity index (χ2n) is 8.92. The summed E-state index contributed by atoms with van der Waals surface area (Å²) in [5, 5.41) is 14.7. The highest BCUT2D eigenvalue weighted by Crippen LogP contribution is 2.35. The van der Waals surface area contributed by atoms with E-state index in [1.54, 1.807) is 6.92 Å². The molecule has 0 spiro atoms. The van der Waals surface area contributed by atoms with Crippen molar-refractivity contribution >= 4 is 17.2 Å². The zero-order valence-corrected chi connectivity index (χ0v) is 20.5. The maximum absolute atomic E-state index is 13.5. The molecule has 186 valence electrons. The number of nitrogens with zero attached hydrogens (tertiary/aromatic N) is 5. The van der Waals surface area contributed by atoms with E-state index >= 15 is 0 Å². The van der Waals surface area contributed by atoms with Crippen LogP contribution in [0.5, 0.6) is 0 Å².